The van der Waals surface area contributed by atoms with Crippen molar-refractivity contribution in [1.29, 1.82) is 0 Å². The summed E-state index contributed by atoms with van der Waals surface area (Å²) in [6.45, 7) is 0. The summed E-state index contributed by atoms with van der Waals surface area (Å²) < 4.78 is 34.1. The lowest BCUT2D eigenvalue weighted by Crippen LogP contribution is -2.41. The van der Waals surface area contributed by atoms with Crippen LogP contribution in [0.1, 0.15) is 19.3 Å². The van der Waals surface area contributed by atoms with Crippen LogP contribution in [0.3, 0.4) is 0 Å². The number of halogens is 1. The Morgan fingerprint density at radius 3 is 2.85 bits per heavy atom. The van der Waals surface area contributed by atoms with Gasteiger partial charge in [0.1, 0.15) is 10.7 Å². The Balaban J connectivity index is 1.86. The molecule has 3 rings (SSSR count). The highest BCUT2D eigenvalue weighted by atomic mass is 79.9. The van der Waals surface area contributed by atoms with Crippen molar-refractivity contribution >= 4 is 31.8 Å². The Labute approximate surface area is 126 Å². The van der Waals surface area contributed by atoms with Gasteiger partial charge in [0.2, 0.25) is 10.0 Å². The molecule has 3 atom stereocenters. The number of hydrogen-bond donors (Lipinski definition) is 2. The van der Waals surface area contributed by atoms with Gasteiger partial charge in [-0.1, -0.05) is 0 Å². The zero-order chi connectivity index (χ0) is 14.3. The Hall–Kier alpha value is -0.700. The lowest BCUT2D eigenvalue weighted by Gasteiger charge is -2.20. The standard InChI is InChI=1S/C12H16BrN3O3S/c1-14-12-11(4-7(13)6-15-12)20(17,18)16-9-5-8-2-3-10(9)19-8/h4,6,8-10,16H,2-3,5H2,1H3,(H,14,15). The molecule has 3 heterocycles. The zero-order valence-corrected chi connectivity index (χ0v) is 13.4. The molecule has 1 aromatic heterocycles. The van der Waals surface area contributed by atoms with E-state index in [1.54, 1.807) is 19.3 Å². The summed E-state index contributed by atoms with van der Waals surface area (Å²) in [4.78, 5) is 4.23. The second-order valence-corrected chi connectivity index (χ2v) is 7.69. The summed E-state index contributed by atoms with van der Waals surface area (Å²) in [5.74, 6) is 0.338. The number of sulfonamides is 1. The van der Waals surface area contributed by atoms with E-state index in [2.05, 4.69) is 31.0 Å². The molecule has 2 aliphatic heterocycles. The van der Waals surface area contributed by atoms with E-state index in [0.29, 0.717) is 10.3 Å². The molecule has 2 saturated heterocycles. The van der Waals surface area contributed by atoms with Gasteiger partial charge in [0.25, 0.3) is 0 Å². The summed E-state index contributed by atoms with van der Waals surface area (Å²) in [6, 6.07) is 1.41. The van der Waals surface area contributed by atoms with E-state index in [4.69, 9.17) is 4.74 Å². The minimum atomic E-state index is -3.62. The van der Waals surface area contributed by atoms with E-state index in [9.17, 15) is 8.42 Å². The highest BCUT2D eigenvalue weighted by Crippen LogP contribution is 2.35. The third-order valence-electron chi connectivity index (χ3n) is 3.76. The SMILES string of the molecule is CNc1ncc(Br)cc1S(=O)(=O)NC1CC2CCC1O2. The lowest BCUT2D eigenvalue weighted by atomic mass is 9.96. The van der Waals surface area contributed by atoms with Gasteiger partial charge in [0.15, 0.2) is 0 Å². The van der Waals surface area contributed by atoms with E-state index in [0.717, 1.165) is 19.3 Å². The van der Waals surface area contributed by atoms with E-state index in [-0.39, 0.29) is 23.1 Å². The van der Waals surface area contributed by atoms with Crippen molar-refractivity contribution in [3.05, 3.63) is 16.7 Å². The number of rotatable bonds is 4. The zero-order valence-electron chi connectivity index (χ0n) is 11.0. The number of nitrogens with one attached hydrogen (secondary N) is 2. The van der Waals surface area contributed by atoms with E-state index >= 15 is 0 Å². The molecule has 0 saturated carbocycles. The maximum atomic E-state index is 12.5. The topological polar surface area (TPSA) is 80.3 Å². The molecule has 2 fully saturated rings. The van der Waals surface area contributed by atoms with Crippen LogP contribution in [-0.4, -0.2) is 38.7 Å². The molecule has 20 heavy (non-hydrogen) atoms. The largest absolute Gasteiger partial charge is 0.373 e. The first-order chi connectivity index (χ1) is 9.49. The maximum Gasteiger partial charge on any atom is 0.244 e. The maximum absolute atomic E-state index is 12.5. The molecule has 0 radical (unpaired) electrons. The van der Waals surface area contributed by atoms with Crippen molar-refractivity contribution in [1.82, 2.24) is 9.71 Å². The third-order valence-corrected chi connectivity index (χ3v) is 5.70. The molecule has 110 valence electrons. The fraction of sp³-hybridized carbons (Fsp3) is 0.583. The monoisotopic (exact) mass is 361 g/mol. The Morgan fingerprint density at radius 2 is 2.25 bits per heavy atom. The van der Waals surface area contributed by atoms with Crippen LogP contribution in [-0.2, 0) is 14.8 Å². The number of fused-ring (bicyclic) bond motifs is 2. The molecule has 0 spiro atoms. The van der Waals surface area contributed by atoms with Gasteiger partial charge in [-0.15, -0.1) is 0 Å². The van der Waals surface area contributed by atoms with E-state index in [1.165, 1.54) is 0 Å². The van der Waals surface area contributed by atoms with Crippen molar-refractivity contribution in [2.45, 2.75) is 42.4 Å². The van der Waals surface area contributed by atoms with Crippen LogP contribution in [0.25, 0.3) is 0 Å². The van der Waals surface area contributed by atoms with Gasteiger partial charge >= 0.3 is 0 Å². The lowest BCUT2D eigenvalue weighted by molar-refractivity contribution is 0.0996. The summed E-state index contributed by atoms with van der Waals surface area (Å²) in [6.07, 6.45) is 4.48. The molecule has 3 unspecified atom stereocenters. The molecular weight excluding hydrogens is 346 g/mol. The van der Waals surface area contributed by atoms with Crippen molar-refractivity contribution in [2.24, 2.45) is 0 Å². The van der Waals surface area contributed by atoms with Crippen LogP contribution in [0.15, 0.2) is 21.6 Å². The smallest absolute Gasteiger partial charge is 0.244 e. The number of hydrogen-bond acceptors (Lipinski definition) is 5. The van der Waals surface area contributed by atoms with Gasteiger partial charge in [-0.25, -0.2) is 18.1 Å². The predicted molar refractivity (Wildman–Crippen MR) is 78.1 cm³/mol. The van der Waals surface area contributed by atoms with Gasteiger partial charge in [-0.05, 0) is 41.3 Å². The molecule has 2 aliphatic rings. The number of aromatic nitrogens is 1. The highest BCUT2D eigenvalue weighted by Gasteiger charge is 2.42. The summed E-state index contributed by atoms with van der Waals surface area (Å²) in [5, 5.41) is 2.81. The first kappa shape index (κ1) is 14.2. The third kappa shape index (κ3) is 2.57. The van der Waals surface area contributed by atoms with Crippen LogP contribution >= 0.6 is 15.9 Å². The molecule has 1 aromatic rings. The average Bonchev–Trinajstić information content (AvgIpc) is 3.00. The van der Waals surface area contributed by atoms with Gasteiger partial charge in [0.05, 0.1) is 18.2 Å². The summed E-state index contributed by atoms with van der Waals surface area (Å²) in [7, 11) is -1.97. The predicted octanol–water partition coefficient (Wildman–Crippen LogP) is 1.48. The first-order valence-corrected chi connectivity index (χ1v) is 8.78. The molecule has 6 nitrogen and oxygen atoms in total. The van der Waals surface area contributed by atoms with Gasteiger partial charge in [0, 0.05) is 17.7 Å². The number of nitrogens with zero attached hydrogens (tertiary/aromatic N) is 1. The molecule has 0 aromatic carbocycles. The van der Waals surface area contributed by atoms with Crippen LogP contribution in [0.2, 0.25) is 0 Å². The minimum Gasteiger partial charge on any atom is -0.373 e. The minimum absolute atomic E-state index is 0.00734. The molecule has 2 bridgehead atoms. The molecule has 0 aliphatic carbocycles. The van der Waals surface area contributed by atoms with Crippen LogP contribution in [0.4, 0.5) is 5.82 Å². The Kier molecular flexibility index (Phi) is 3.74. The van der Waals surface area contributed by atoms with Crippen LogP contribution in [0, 0.1) is 0 Å². The van der Waals surface area contributed by atoms with Crippen LogP contribution < -0.4 is 10.0 Å². The van der Waals surface area contributed by atoms with Gasteiger partial charge in [-0.3, -0.25) is 0 Å². The summed E-state index contributed by atoms with van der Waals surface area (Å²) in [5.41, 5.74) is 0. The Morgan fingerprint density at radius 1 is 1.45 bits per heavy atom. The fourth-order valence-corrected chi connectivity index (χ4v) is 4.79. The van der Waals surface area contributed by atoms with E-state index in [1.807, 2.05) is 0 Å². The second-order valence-electron chi connectivity index (χ2n) is 5.09. The number of pyridine rings is 1. The quantitative estimate of drug-likeness (QED) is 0.848. The number of anilines is 1. The fourth-order valence-electron chi connectivity index (χ4n) is 2.84. The van der Waals surface area contributed by atoms with Crippen molar-refractivity contribution in [2.75, 3.05) is 12.4 Å². The second kappa shape index (κ2) is 5.25. The number of ether oxygens (including phenoxy) is 1. The Bertz CT molecular complexity index is 622. The highest BCUT2D eigenvalue weighted by molar-refractivity contribution is 9.10. The molecule has 0 amide bonds. The van der Waals surface area contributed by atoms with Crippen LogP contribution in [0.5, 0.6) is 0 Å². The molecule has 2 N–H and O–H groups in total. The first-order valence-electron chi connectivity index (χ1n) is 6.50. The summed E-state index contributed by atoms with van der Waals surface area (Å²) >= 11 is 3.26. The molecular formula is C12H16BrN3O3S. The van der Waals surface area contributed by atoms with E-state index < -0.39 is 10.0 Å². The normalized spacial score (nSPS) is 28.8. The van der Waals surface area contributed by atoms with Crippen molar-refractivity contribution in [3.8, 4) is 0 Å². The van der Waals surface area contributed by atoms with Gasteiger partial charge in [-0.2, -0.15) is 0 Å². The molecule has 8 heteroatoms. The van der Waals surface area contributed by atoms with Crippen molar-refractivity contribution in [3.63, 3.8) is 0 Å². The average molecular weight is 362 g/mol. The van der Waals surface area contributed by atoms with Crippen molar-refractivity contribution < 1.29 is 13.2 Å². The van der Waals surface area contributed by atoms with Gasteiger partial charge < -0.3 is 10.1 Å².